The summed E-state index contributed by atoms with van der Waals surface area (Å²) in [5, 5.41) is 18.7. The van der Waals surface area contributed by atoms with Crippen molar-refractivity contribution in [3.8, 4) is 5.75 Å². The maximum absolute atomic E-state index is 9.71. The quantitative estimate of drug-likeness (QED) is 0.730. The maximum Gasteiger partial charge on any atom is 0.140 e. The van der Waals surface area contributed by atoms with Gasteiger partial charge in [0, 0.05) is 17.3 Å². The van der Waals surface area contributed by atoms with Gasteiger partial charge in [-0.05, 0) is 12.8 Å². The SMILES string of the molecule is Cc1ncc(CO)c(C(C)C)c1O. The van der Waals surface area contributed by atoms with Crippen molar-refractivity contribution in [3.05, 3.63) is 23.0 Å². The van der Waals surface area contributed by atoms with Crippen molar-refractivity contribution in [2.45, 2.75) is 33.3 Å². The molecule has 3 nitrogen and oxygen atoms in total. The summed E-state index contributed by atoms with van der Waals surface area (Å²) in [5.41, 5.74) is 2.12. The van der Waals surface area contributed by atoms with Crippen LogP contribution in [0.4, 0.5) is 0 Å². The predicted molar refractivity (Wildman–Crippen MR) is 50.7 cm³/mol. The first-order chi connectivity index (χ1) is 6.07. The third-order valence-electron chi connectivity index (χ3n) is 2.11. The van der Waals surface area contributed by atoms with Crippen molar-refractivity contribution in [2.24, 2.45) is 0 Å². The van der Waals surface area contributed by atoms with Crippen molar-refractivity contribution >= 4 is 0 Å². The lowest BCUT2D eigenvalue weighted by Gasteiger charge is -2.13. The third-order valence-corrected chi connectivity index (χ3v) is 2.11. The molecule has 0 unspecified atom stereocenters. The normalized spacial score (nSPS) is 10.8. The number of hydrogen-bond acceptors (Lipinski definition) is 3. The van der Waals surface area contributed by atoms with E-state index >= 15 is 0 Å². The van der Waals surface area contributed by atoms with Gasteiger partial charge in [0.25, 0.3) is 0 Å². The van der Waals surface area contributed by atoms with Gasteiger partial charge in [-0.15, -0.1) is 0 Å². The van der Waals surface area contributed by atoms with Crippen LogP contribution in [0, 0.1) is 6.92 Å². The summed E-state index contributed by atoms with van der Waals surface area (Å²) < 4.78 is 0. The Balaban J connectivity index is 3.32. The van der Waals surface area contributed by atoms with Crippen LogP contribution in [-0.2, 0) is 6.61 Å². The van der Waals surface area contributed by atoms with Crippen LogP contribution in [0.2, 0.25) is 0 Å². The first kappa shape index (κ1) is 9.99. The summed E-state index contributed by atoms with van der Waals surface area (Å²) in [6, 6.07) is 0. The predicted octanol–water partition coefficient (Wildman–Crippen LogP) is 1.71. The molecule has 1 aromatic heterocycles. The van der Waals surface area contributed by atoms with Crippen molar-refractivity contribution in [1.82, 2.24) is 4.98 Å². The molecule has 0 spiro atoms. The number of aliphatic hydroxyl groups is 1. The summed E-state index contributed by atoms with van der Waals surface area (Å²) in [5.74, 6) is 0.408. The van der Waals surface area contributed by atoms with E-state index < -0.39 is 0 Å². The van der Waals surface area contributed by atoms with Crippen LogP contribution in [0.15, 0.2) is 6.20 Å². The lowest BCUT2D eigenvalue weighted by Crippen LogP contribution is -2.00. The van der Waals surface area contributed by atoms with Gasteiger partial charge in [0.05, 0.1) is 12.3 Å². The Bertz CT molecular complexity index is 308. The molecule has 0 aliphatic carbocycles. The Morgan fingerprint density at radius 3 is 2.54 bits per heavy atom. The van der Waals surface area contributed by atoms with E-state index in [2.05, 4.69) is 4.98 Å². The number of aromatic hydroxyl groups is 1. The van der Waals surface area contributed by atoms with E-state index in [9.17, 15) is 5.11 Å². The molecule has 13 heavy (non-hydrogen) atoms. The Hall–Kier alpha value is -1.09. The topological polar surface area (TPSA) is 53.4 Å². The van der Waals surface area contributed by atoms with Crippen LogP contribution in [-0.4, -0.2) is 15.2 Å². The molecule has 0 saturated heterocycles. The van der Waals surface area contributed by atoms with Crippen LogP contribution in [0.1, 0.15) is 36.6 Å². The Kier molecular flexibility index (Phi) is 2.88. The van der Waals surface area contributed by atoms with Crippen LogP contribution < -0.4 is 0 Å². The minimum atomic E-state index is -0.0750. The van der Waals surface area contributed by atoms with Gasteiger partial charge >= 0.3 is 0 Å². The number of nitrogens with zero attached hydrogens (tertiary/aromatic N) is 1. The average molecular weight is 181 g/mol. The van der Waals surface area contributed by atoms with Gasteiger partial charge in [-0.2, -0.15) is 0 Å². The molecule has 0 radical (unpaired) electrons. The van der Waals surface area contributed by atoms with Crippen molar-refractivity contribution in [1.29, 1.82) is 0 Å². The zero-order valence-corrected chi connectivity index (χ0v) is 8.20. The zero-order chi connectivity index (χ0) is 10.0. The number of rotatable bonds is 2. The minimum Gasteiger partial charge on any atom is -0.506 e. The Morgan fingerprint density at radius 2 is 2.08 bits per heavy atom. The summed E-state index contributed by atoms with van der Waals surface area (Å²) >= 11 is 0. The molecule has 0 aromatic carbocycles. The fourth-order valence-electron chi connectivity index (χ4n) is 1.42. The van der Waals surface area contributed by atoms with Crippen LogP contribution in [0.25, 0.3) is 0 Å². The molecule has 72 valence electrons. The third kappa shape index (κ3) is 1.80. The minimum absolute atomic E-state index is 0.0750. The van der Waals surface area contributed by atoms with Gasteiger partial charge in [-0.3, -0.25) is 4.98 Å². The average Bonchev–Trinajstić information content (AvgIpc) is 2.08. The number of hydrogen-bond donors (Lipinski definition) is 2. The number of pyridine rings is 1. The van der Waals surface area contributed by atoms with E-state index in [1.807, 2.05) is 13.8 Å². The van der Waals surface area contributed by atoms with Crippen LogP contribution in [0.5, 0.6) is 5.75 Å². The van der Waals surface area contributed by atoms with Crippen LogP contribution >= 0.6 is 0 Å². The van der Waals surface area contributed by atoms with E-state index in [0.717, 1.165) is 5.56 Å². The van der Waals surface area contributed by atoms with Crippen molar-refractivity contribution < 1.29 is 10.2 Å². The molecule has 0 fully saturated rings. The molecule has 0 saturated carbocycles. The maximum atomic E-state index is 9.71. The largest absolute Gasteiger partial charge is 0.506 e. The second-order valence-corrected chi connectivity index (χ2v) is 3.44. The zero-order valence-electron chi connectivity index (χ0n) is 8.20. The van der Waals surface area contributed by atoms with Crippen molar-refractivity contribution in [3.63, 3.8) is 0 Å². The molecule has 0 bridgehead atoms. The first-order valence-corrected chi connectivity index (χ1v) is 4.36. The molecule has 1 aromatic rings. The molecular formula is C10H15NO2. The van der Waals surface area contributed by atoms with E-state index in [4.69, 9.17) is 5.11 Å². The highest BCUT2D eigenvalue weighted by Crippen LogP contribution is 2.30. The summed E-state index contributed by atoms with van der Waals surface area (Å²) in [6.07, 6.45) is 1.62. The van der Waals surface area contributed by atoms with Crippen LogP contribution in [0.3, 0.4) is 0 Å². The van der Waals surface area contributed by atoms with Gasteiger partial charge in [-0.25, -0.2) is 0 Å². The summed E-state index contributed by atoms with van der Waals surface area (Å²) in [6.45, 7) is 5.64. The molecular weight excluding hydrogens is 166 g/mol. The standard InChI is InChI=1S/C10H15NO2/c1-6(2)9-8(5-12)4-11-7(3)10(9)13/h4,6,12-13H,5H2,1-3H3. The molecule has 3 heteroatoms. The van der Waals surface area contributed by atoms with Crippen molar-refractivity contribution in [2.75, 3.05) is 0 Å². The van der Waals surface area contributed by atoms with Gasteiger partial charge in [-0.1, -0.05) is 13.8 Å². The molecule has 2 N–H and O–H groups in total. The fourth-order valence-corrected chi connectivity index (χ4v) is 1.42. The highest BCUT2D eigenvalue weighted by atomic mass is 16.3. The molecule has 0 amide bonds. The molecule has 0 aliphatic heterocycles. The molecule has 1 rings (SSSR count). The molecule has 0 atom stereocenters. The molecule has 1 heterocycles. The lowest BCUT2D eigenvalue weighted by molar-refractivity contribution is 0.278. The summed E-state index contributed by atoms with van der Waals surface area (Å²) in [4.78, 5) is 3.98. The Labute approximate surface area is 78.1 Å². The second kappa shape index (κ2) is 3.75. The van der Waals surface area contributed by atoms with E-state index in [1.165, 1.54) is 0 Å². The van der Waals surface area contributed by atoms with Gasteiger partial charge < -0.3 is 10.2 Å². The van der Waals surface area contributed by atoms with Gasteiger partial charge in [0.2, 0.25) is 0 Å². The highest BCUT2D eigenvalue weighted by molar-refractivity contribution is 5.42. The molecule has 0 aliphatic rings. The van der Waals surface area contributed by atoms with E-state index in [-0.39, 0.29) is 18.3 Å². The van der Waals surface area contributed by atoms with Gasteiger partial charge in [0.15, 0.2) is 0 Å². The number of aryl methyl sites for hydroxylation is 1. The van der Waals surface area contributed by atoms with Gasteiger partial charge in [0.1, 0.15) is 5.75 Å². The second-order valence-electron chi connectivity index (χ2n) is 3.44. The fraction of sp³-hybridized carbons (Fsp3) is 0.500. The summed E-state index contributed by atoms with van der Waals surface area (Å²) in [7, 11) is 0. The smallest absolute Gasteiger partial charge is 0.140 e. The number of aliphatic hydroxyl groups excluding tert-OH is 1. The lowest BCUT2D eigenvalue weighted by atomic mass is 9.97. The van der Waals surface area contributed by atoms with E-state index in [0.29, 0.717) is 11.3 Å². The monoisotopic (exact) mass is 181 g/mol. The number of aromatic nitrogens is 1. The Morgan fingerprint density at radius 1 is 1.46 bits per heavy atom. The first-order valence-electron chi connectivity index (χ1n) is 4.36. The van der Waals surface area contributed by atoms with E-state index in [1.54, 1.807) is 13.1 Å². The highest BCUT2D eigenvalue weighted by Gasteiger charge is 2.13.